The topological polar surface area (TPSA) is 84.5 Å². The van der Waals surface area contributed by atoms with Gasteiger partial charge in [0.25, 0.3) is 0 Å². The first-order valence-electron chi connectivity index (χ1n) is 9.14. The van der Waals surface area contributed by atoms with E-state index in [1.807, 2.05) is 12.1 Å². The fraction of sp³-hybridized carbons (Fsp3) is 0.350. The lowest BCUT2D eigenvalue weighted by Gasteiger charge is -2.14. The predicted octanol–water partition coefficient (Wildman–Crippen LogP) is 3.32. The lowest BCUT2D eigenvalue weighted by Crippen LogP contribution is -2.27. The second-order valence-corrected chi connectivity index (χ2v) is 8.33. The number of sulfonamides is 1. The molecular weight excluding hydrogens is 364 g/mol. The van der Waals surface area contributed by atoms with Gasteiger partial charge in [0.15, 0.2) is 0 Å². The molecule has 0 atom stereocenters. The predicted molar refractivity (Wildman–Crippen MR) is 104 cm³/mol. The Labute approximate surface area is 160 Å². The van der Waals surface area contributed by atoms with Crippen LogP contribution in [0.1, 0.15) is 32.1 Å². The van der Waals surface area contributed by atoms with Crippen LogP contribution in [-0.4, -0.2) is 27.0 Å². The molecule has 0 aromatic heterocycles. The molecule has 0 saturated heterocycles. The van der Waals surface area contributed by atoms with Gasteiger partial charge in [0.2, 0.25) is 15.9 Å². The minimum Gasteiger partial charge on any atom is -0.490 e. The van der Waals surface area contributed by atoms with Gasteiger partial charge in [-0.3, -0.25) is 4.79 Å². The van der Waals surface area contributed by atoms with Crippen LogP contribution >= 0.6 is 0 Å². The summed E-state index contributed by atoms with van der Waals surface area (Å²) in [6, 6.07) is 15.4. The number of ether oxygens (including phenoxy) is 1. The minimum absolute atomic E-state index is 0.0291. The van der Waals surface area contributed by atoms with Crippen LogP contribution in [0.15, 0.2) is 59.5 Å². The van der Waals surface area contributed by atoms with Crippen molar-refractivity contribution in [3.63, 3.8) is 0 Å². The van der Waals surface area contributed by atoms with Gasteiger partial charge in [0.1, 0.15) is 5.75 Å². The van der Waals surface area contributed by atoms with Crippen molar-refractivity contribution in [1.82, 2.24) is 4.72 Å². The van der Waals surface area contributed by atoms with Crippen LogP contribution in [0.2, 0.25) is 0 Å². The third-order valence-corrected chi connectivity index (χ3v) is 5.90. The molecule has 0 heterocycles. The second kappa shape index (κ2) is 9.01. The molecule has 1 fully saturated rings. The fourth-order valence-corrected chi connectivity index (χ4v) is 4.10. The number of nitrogens with one attached hydrogen (secondary N) is 2. The van der Waals surface area contributed by atoms with E-state index in [0.717, 1.165) is 18.6 Å². The number of carbonyl (C=O) groups is 1. The molecule has 0 unspecified atom stereocenters. The van der Waals surface area contributed by atoms with E-state index in [1.54, 1.807) is 30.3 Å². The molecule has 0 spiro atoms. The number of hydrogen-bond acceptors (Lipinski definition) is 4. The molecule has 2 aromatic carbocycles. The van der Waals surface area contributed by atoms with Crippen LogP contribution < -0.4 is 14.8 Å². The van der Waals surface area contributed by atoms with Crippen LogP contribution in [0.25, 0.3) is 0 Å². The van der Waals surface area contributed by atoms with Crippen molar-refractivity contribution in [1.29, 1.82) is 0 Å². The first kappa shape index (κ1) is 19.4. The maximum atomic E-state index is 12.1. The van der Waals surface area contributed by atoms with Gasteiger partial charge in [-0.1, -0.05) is 24.3 Å². The highest BCUT2D eigenvalue weighted by Crippen LogP contribution is 2.25. The minimum atomic E-state index is -3.60. The molecule has 144 valence electrons. The zero-order valence-electron chi connectivity index (χ0n) is 15.1. The van der Waals surface area contributed by atoms with Crippen molar-refractivity contribution in [3.05, 3.63) is 54.6 Å². The van der Waals surface area contributed by atoms with Gasteiger partial charge in [-0.15, -0.1) is 0 Å². The zero-order chi connectivity index (χ0) is 19.1. The van der Waals surface area contributed by atoms with Gasteiger partial charge in [0, 0.05) is 24.7 Å². The molecule has 2 aromatic rings. The summed E-state index contributed by atoms with van der Waals surface area (Å²) in [6.45, 7) is 0.0291. The molecule has 0 radical (unpaired) electrons. The lowest BCUT2D eigenvalue weighted by molar-refractivity contribution is -0.116. The molecule has 2 N–H and O–H groups in total. The van der Waals surface area contributed by atoms with E-state index in [0.29, 0.717) is 5.69 Å². The average Bonchev–Trinajstić information content (AvgIpc) is 3.15. The maximum Gasteiger partial charge on any atom is 0.240 e. The lowest BCUT2D eigenvalue weighted by atomic mass is 10.2. The molecule has 6 nitrogen and oxygen atoms in total. The largest absolute Gasteiger partial charge is 0.490 e. The number of carbonyl (C=O) groups excluding carboxylic acids is 1. The smallest absolute Gasteiger partial charge is 0.240 e. The maximum absolute atomic E-state index is 12.1. The molecule has 3 rings (SSSR count). The number of rotatable bonds is 8. The van der Waals surface area contributed by atoms with E-state index >= 15 is 0 Å². The normalized spacial score (nSPS) is 14.8. The molecule has 1 aliphatic rings. The average molecular weight is 388 g/mol. The van der Waals surface area contributed by atoms with Gasteiger partial charge in [0.05, 0.1) is 11.0 Å². The summed E-state index contributed by atoms with van der Waals surface area (Å²) >= 11 is 0. The molecule has 0 bridgehead atoms. The van der Waals surface area contributed by atoms with E-state index in [4.69, 9.17) is 4.74 Å². The van der Waals surface area contributed by atoms with Gasteiger partial charge in [-0.05, 0) is 49.9 Å². The van der Waals surface area contributed by atoms with Crippen molar-refractivity contribution in [3.8, 4) is 5.75 Å². The van der Waals surface area contributed by atoms with Crippen LogP contribution in [0.5, 0.6) is 5.75 Å². The summed E-state index contributed by atoms with van der Waals surface area (Å²) in [6.07, 6.45) is 4.82. The summed E-state index contributed by atoms with van der Waals surface area (Å²) in [5.74, 6) is 0.480. The number of hydrogen-bond donors (Lipinski definition) is 2. The van der Waals surface area contributed by atoms with E-state index < -0.39 is 10.0 Å². The summed E-state index contributed by atoms with van der Waals surface area (Å²) in [5.41, 5.74) is 0.640. The Hall–Kier alpha value is -2.38. The van der Waals surface area contributed by atoms with Gasteiger partial charge in [-0.2, -0.15) is 0 Å². The van der Waals surface area contributed by atoms with Crippen LogP contribution in [-0.2, 0) is 14.8 Å². The Morgan fingerprint density at radius 3 is 2.52 bits per heavy atom. The molecule has 1 aliphatic carbocycles. The Morgan fingerprint density at radius 1 is 1.04 bits per heavy atom. The summed E-state index contributed by atoms with van der Waals surface area (Å²) in [7, 11) is -3.60. The first-order valence-corrected chi connectivity index (χ1v) is 10.6. The van der Waals surface area contributed by atoms with Crippen molar-refractivity contribution in [2.45, 2.75) is 43.1 Å². The molecule has 0 aliphatic heterocycles. The first-order chi connectivity index (χ1) is 13.0. The Balaban J connectivity index is 1.48. The SMILES string of the molecule is O=C(CCNS(=O)(=O)c1ccccc1)Nc1cccc(OC2CCCC2)c1. The van der Waals surface area contributed by atoms with E-state index in [2.05, 4.69) is 10.0 Å². The Morgan fingerprint density at radius 2 is 1.78 bits per heavy atom. The van der Waals surface area contributed by atoms with Crippen molar-refractivity contribution in [2.75, 3.05) is 11.9 Å². The molecular formula is C20H24N2O4S. The quantitative estimate of drug-likeness (QED) is 0.727. The molecule has 1 amide bonds. The summed E-state index contributed by atoms with van der Waals surface area (Å²) in [4.78, 5) is 12.3. The third-order valence-electron chi connectivity index (χ3n) is 4.42. The van der Waals surface area contributed by atoms with Gasteiger partial charge in [-0.25, -0.2) is 13.1 Å². The molecule has 1 saturated carbocycles. The van der Waals surface area contributed by atoms with Crippen molar-refractivity contribution < 1.29 is 17.9 Å². The van der Waals surface area contributed by atoms with Crippen molar-refractivity contribution >= 4 is 21.6 Å². The van der Waals surface area contributed by atoms with Crippen LogP contribution in [0.3, 0.4) is 0 Å². The second-order valence-electron chi connectivity index (χ2n) is 6.56. The summed E-state index contributed by atoms with van der Waals surface area (Å²) < 4.78 is 32.6. The Kier molecular flexibility index (Phi) is 6.47. The van der Waals surface area contributed by atoms with E-state index in [1.165, 1.54) is 25.0 Å². The van der Waals surface area contributed by atoms with Crippen LogP contribution in [0, 0.1) is 0 Å². The highest BCUT2D eigenvalue weighted by atomic mass is 32.2. The Bertz CT molecular complexity index is 863. The third kappa shape index (κ3) is 5.80. The zero-order valence-corrected chi connectivity index (χ0v) is 15.9. The van der Waals surface area contributed by atoms with Crippen molar-refractivity contribution in [2.24, 2.45) is 0 Å². The van der Waals surface area contributed by atoms with Gasteiger partial charge >= 0.3 is 0 Å². The summed E-state index contributed by atoms with van der Waals surface area (Å²) in [5, 5.41) is 2.78. The van der Waals surface area contributed by atoms with Crippen LogP contribution in [0.4, 0.5) is 5.69 Å². The number of anilines is 1. The number of benzene rings is 2. The van der Waals surface area contributed by atoms with E-state index in [9.17, 15) is 13.2 Å². The highest BCUT2D eigenvalue weighted by Gasteiger charge is 2.17. The molecule has 27 heavy (non-hydrogen) atoms. The van der Waals surface area contributed by atoms with E-state index in [-0.39, 0.29) is 29.9 Å². The van der Waals surface area contributed by atoms with Gasteiger partial charge < -0.3 is 10.1 Å². The standard InChI is InChI=1S/C20H24N2O4S/c23-20(13-14-21-27(24,25)19-11-2-1-3-12-19)22-16-7-6-10-18(15-16)26-17-8-4-5-9-17/h1-3,6-7,10-12,15,17,21H,4-5,8-9,13-14H2,(H,22,23). The highest BCUT2D eigenvalue weighted by molar-refractivity contribution is 7.89. The monoisotopic (exact) mass is 388 g/mol. The molecule has 7 heteroatoms. The number of amides is 1. The fourth-order valence-electron chi connectivity index (χ4n) is 3.05.